The van der Waals surface area contributed by atoms with Crippen LogP contribution in [-0.2, 0) is 18.9 Å². The molecular formula is C10H22O5. The van der Waals surface area contributed by atoms with E-state index in [1.165, 1.54) is 0 Å². The van der Waals surface area contributed by atoms with Crippen LogP contribution in [0.1, 0.15) is 27.7 Å². The summed E-state index contributed by atoms with van der Waals surface area (Å²) in [7, 11) is 0. The van der Waals surface area contributed by atoms with Crippen molar-refractivity contribution in [3.63, 3.8) is 0 Å². The molecule has 0 bridgehead atoms. The molecule has 0 aromatic rings. The van der Waals surface area contributed by atoms with Crippen molar-refractivity contribution in [2.24, 2.45) is 0 Å². The van der Waals surface area contributed by atoms with Crippen LogP contribution in [0.15, 0.2) is 0 Å². The largest absolute Gasteiger partial charge is 0.346 e. The summed E-state index contributed by atoms with van der Waals surface area (Å²) in [4.78, 5) is 0. The quantitative estimate of drug-likeness (QED) is 0.592. The highest BCUT2D eigenvalue weighted by atomic mass is 16.9. The second-order valence-corrected chi connectivity index (χ2v) is 2.74. The Kier molecular flexibility index (Phi) is 7.90. The van der Waals surface area contributed by atoms with Crippen LogP contribution in [0.25, 0.3) is 0 Å². The fourth-order valence-corrected chi connectivity index (χ4v) is 1.15. The van der Waals surface area contributed by atoms with Gasteiger partial charge in [-0.15, -0.1) is 0 Å². The second kappa shape index (κ2) is 8.01. The third kappa shape index (κ3) is 4.90. The highest BCUT2D eigenvalue weighted by Crippen LogP contribution is 2.19. The molecule has 0 radical (unpaired) electrons. The predicted molar refractivity (Wildman–Crippen MR) is 55.2 cm³/mol. The maximum atomic E-state index is 10.0. The summed E-state index contributed by atoms with van der Waals surface area (Å²) in [6, 6.07) is 0. The van der Waals surface area contributed by atoms with E-state index in [1.54, 1.807) is 13.8 Å². The van der Waals surface area contributed by atoms with Crippen molar-refractivity contribution in [2.45, 2.75) is 40.0 Å². The molecule has 5 nitrogen and oxygen atoms in total. The first-order chi connectivity index (χ1) is 7.14. The maximum Gasteiger partial charge on any atom is 0.334 e. The van der Waals surface area contributed by atoms with Crippen LogP contribution in [-0.4, -0.2) is 43.8 Å². The van der Waals surface area contributed by atoms with Crippen LogP contribution in [0, 0.1) is 0 Å². The van der Waals surface area contributed by atoms with Gasteiger partial charge in [0.25, 0.3) is 0 Å². The lowest BCUT2D eigenvalue weighted by Gasteiger charge is -2.33. The average molecular weight is 222 g/mol. The van der Waals surface area contributed by atoms with E-state index in [4.69, 9.17) is 18.9 Å². The van der Waals surface area contributed by atoms with Crippen LogP contribution in [0.2, 0.25) is 0 Å². The molecule has 0 aromatic heterocycles. The van der Waals surface area contributed by atoms with Gasteiger partial charge in [0.15, 0.2) is 0 Å². The highest BCUT2D eigenvalue weighted by Gasteiger charge is 2.40. The summed E-state index contributed by atoms with van der Waals surface area (Å²) < 4.78 is 20.7. The van der Waals surface area contributed by atoms with Crippen molar-refractivity contribution in [3.05, 3.63) is 0 Å². The molecule has 0 aliphatic rings. The molecule has 0 atom stereocenters. The van der Waals surface area contributed by atoms with Crippen molar-refractivity contribution in [3.8, 4) is 0 Å². The first kappa shape index (κ1) is 14.8. The van der Waals surface area contributed by atoms with Gasteiger partial charge < -0.3 is 24.1 Å². The Balaban J connectivity index is 4.48. The Labute approximate surface area is 91.3 Å². The molecule has 5 heteroatoms. The summed E-state index contributed by atoms with van der Waals surface area (Å²) in [6.07, 6.45) is -0.924. The van der Waals surface area contributed by atoms with Crippen LogP contribution >= 0.6 is 0 Å². The van der Waals surface area contributed by atoms with E-state index in [1.807, 2.05) is 13.8 Å². The van der Waals surface area contributed by atoms with E-state index in [-0.39, 0.29) is 0 Å². The zero-order chi connectivity index (χ0) is 11.7. The van der Waals surface area contributed by atoms with Crippen LogP contribution < -0.4 is 0 Å². The summed E-state index contributed by atoms with van der Waals surface area (Å²) in [5, 5.41) is 10.0. The standard InChI is InChI=1S/C10H22O5/c1-5-12-9(13-6-2)10(11,14-7-3)15-8-4/h9,11H,5-8H2,1-4H3. The summed E-state index contributed by atoms with van der Waals surface area (Å²) >= 11 is 0. The molecule has 0 saturated heterocycles. The molecule has 0 unspecified atom stereocenters. The predicted octanol–water partition coefficient (Wildman–Crippen LogP) is 1.10. The topological polar surface area (TPSA) is 57.2 Å². The Hall–Kier alpha value is -0.200. The number of hydrogen-bond donors (Lipinski definition) is 1. The normalized spacial score (nSPS) is 12.4. The fraction of sp³-hybridized carbons (Fsp3) is 1.00. The first-order valence-corrected chi connectivity index (χ1v) is 5.38. The lowest BCUT2D eigenvalue weighted by Crippen LogP contribution is -2.50. The van der Waals surface area contributed by atoms with Crippen molar-refractivity contribution in [2.75, 3.05) is 26.4 Å². The SMILES string of the molecule is CCOC(OCC)C(O)(OCC)OCC. The first-order valence-electron chi connectivity index (χ1n) is 5.38. The molecule has 0 amide bonds. The second-order valence-electron chi connectivity index (χ2n) is 2.74. The Morgan fingerprint density at radius 2 is 1.27 bits per heavy atom. The molecule has 0 aliphatic heterocycles. The Morgan fingerprint density at radius 3 is 1.53 bits per heavy atom. The number of ether oxygens (including phenoxy) is 4. The van der Waals surface area contributed by atoms with E-state index in [9.17, 15) is 5.11 Å². The van der Waals surface area contributed by atoms with E-state index >= 15 is 0 Å². The molecule has 0 saturated carbocycles. The van der Waals surface area contributed by atoms with Crippen molar-refractivity contribution >= 4 is 0 Å². The molecule has 0 aromatic carbocycles. The van der Waals surface area contributed by atoms with Gasteiger partial charge in [-0.2, -0.15) is 0 Å². The van der Waals surface area contributed by atoms with Gasteiger partial charge in [0.2, 0.25) is 6.29 Å². The minimum absolute atomic E-state index is 0.313. The third-order valence-corrected chi connectivity index (χ3v) is 1.64. The van der Waals surface area contributed by atoms with Gasteiger partial charge in [-0.3, -0.25) is 0 Å². The Bertz CT molecular complexity index is 139. The molecule has 0 rings (SSSR count). The lowest BCUT2D eigenvalue weighted by atomic mass is 10.5. The van der Waals surface area contributed by atoms with Gasteiger partial charge in [0.1, 0.15) is 0 Å². The molecule has 0 heterocycles. The van der Waals surface area contributed by atoms with E-state index < -0.39 is 12.3 Å². The van der Waals surface area contributed by atoms with Crippen molar-refractivity contribution in [1.82, 2.24) is 0 Å². The number of rotatable bonds is 9. The molecular weight excluding hydrogens is 200 g/mol. The van der Waals surface area contributed by atoms with E-state index in [2.05, 4.69) is 0 Å². The maximum absolute atomic E-state index is 10.0. The van der Waals surface area contributed by atoms with Crippen molar-refractivity contribution in [1.29, 1.82) is 0 Å². The zero-order valence-corrected chi connectivity index (χ0v) is 9.99. The van der Waals surface area contributed by atoms with E-state index in [0.29, 0.717) is 26.4 Å². The monoisotopic (exact) mass is 222 g/mol. The summed E-state index contributed by atoms with van der Waals surface area (Å²) in [5.41, 5.74) is 0. The average Bonchev–Trinajstić information content (AvgIpc) is 2.18. The van der Waals surface area contributed by atoms with Gasteiger partial charge in [-0.05, 0) is 27.7 Å². The van der Waals surface area contributed by atoms with Crippen LogP contribution in [0.3, 0.4) is 0 Å². The molecule has 0 fully saturated rings. The van der Waals surface area contributed by atoms with Gasteiger partial charge in [0, 0.05) is 26.4 Å². The van der Waals surface area contributed by atoms with E-state index in [0.717, 1.165) is 0 Å². The molecule has 0 spiro atoms. The smallest absolute Gasteiger partial charge is 0.334 e. The van der Waals surface area contributed by atoms with Gasteiger partial charge in [-0.1, -0.05) is 0 Å². The lowest BCUT2D eigenvalue weighted by molar-refractivity contribution is -0.440. The van der Waals surface area contributed by atoms with Crippen molar-refractivity contribution < 1.29 is 24.1 Å². The van der Waals surface area contributed by atoms with Gasteiger partial charge in [0.05, 0.1) is 0 Å². The fourth-order valence-electron chi connectivity index (χ4n) is 1.15. The van der Waals surface area contributed by atoms with Gasteiger partial charge >= 0.3 is 5.97 Å². The summed E-state index contributed by atoms with van der Waals surface area (Å²) in [5.74, 6) is -1.82. The van der Waals surface area contributed by atoms with Crippen LogP contribution in [0.5, 0.6) is 0 Å². The molecule has 0 aliphatic carbocycles. The minimum Gasteiger partial charge on any atom is -0.346 e. The summed E-state index contributed by atoms with van der Waals surface area (Å²) in [6.45, 7) is 8.59. The third-order valence-electron chi connectivity index (χ3n) is 1.64. The zero-order valence-electron chi connectivity index (χ0n) is 9.99. The number of aliphatic hydroxyl groups is 1. The molecule has 15 heavy (non-hydrogen) atoms. The molecule has 92 valence electrons. The number of hydrogen-bond acceptors (Lipinski definition) is 5. The van der Waals surface area contributed by atoms with Crippen LogP contribution in [0.4, 0.5) is 0 Å². The highest BCUT2D eigenvalue weighted by molar-refractivity contribution is 4.60. The van der Waals surface area contributed by atoms with Gasteiger partial charge in [-0.25, -0.2) is 0 Å². The Morgan fingerprint density at radius 1 is 0.867 bits per heavy atom. The molecule has 1 N–H and O–H groups in total. The minimum atomic E-state index is -1.82.